The number of thiophene rings is 1. The summed E-state index contributed by atoms with van der Waals surface area (Å²) in [4.78, 5) is 1.09. The summed E-state index contributed by atoms with van der Waals surface area (Å²) in [5, 5.41) is 12.3. The molecule has 2 aromatic rings. The van der Waals surface area contributed by atoms with Gasteiger partial charge in [-0.1, -0.05) is 13.0 Å². The van der Waals surface area contributed by atoms with Gasteiger partial charge in [0, 0.05) is 23.8 Å². The van der Waals surface area contributed by atoms with E-state index in [1.165, 1.54) is 0 Å². The predicted octanol–water partition coefficient (Wildman–Crippen LogP) is 2.68. The third-order valence-corrected chi connectivity index (χ3v) is 3.87. The summed E-state index contributed by atoms with van der Waals surface area (Å²) in [6.07, 6.45) is 0.165. The smallest absolute Gasteiger partial charge is 0.133 e. The molecule has 0 fully saturated rings. The Hall–Kier alpha value is -1.10. The molecule has 0 aromatic carbocycles. The van der Waals surface area contributed by atoms with Crippen molar-refractivity contribution in [3.63, 3.8) is 0 Å². The van der Waals surface area contributed by atoms with Gasteiger partial charge in [-0.3, -0.25) is 0 Å². The maximum absolute atomic E-state index is 10.3. The van der Waals surface area contributed by atoms with Crippen LogP contribution in [-0.2, 0) is 6.42 Å². The van der Waals surface area contributed by atoms with Gasteiger partial charge in [0.05, 0.1) is 0 Å². The summed E-state index contributed by atoms with van der Waals surface area (Å²) in [6.45, 7) is 2.43. The molecule has 0 spiro atoms. The Kier molecular flexibility index (Phi) is 3.99. The van der Waals surface area contributed by atoms with E-state index in [-0.39, 0.29) is 5.92 Å². The molecule has 92 valence electrons. The van der Waals surface area contributed by atoms with Crippen LogP contribution in [0.5, 0.6) is 0 Å². The van der Waals surface area contributed by atoms with Crippen molar-refractivity contribution in [3.8, 4) is 0 Å². The zero-order valence-electron chi connectivity index (χ0n) is 9.80. The Balaban J connectivity index is 2.20. The first kappa shape index (κ1) is 12.4. The number of furan rings is 1. The fourth-order valence-corrected chi connectivity index (χ4v) is 2.72. The lowest BCUT2D eigenvalue weighted by molar-refractivity contribution is 0.121. The number of hydrogen-bond donors (Lipinski definition) is 2. The highest BCUT2D eigenvalue weighted by Gasteiger charge is 2.24. The van der Waals surface area contributed by atoms with E-state index in [1.807, 2.05) is 36.6 Å². The van der Waals surface area contributed by atoms with Gasteiger partial charge in [-0.05, 0) is 23.6 Å². The standard InChI is InChI=1S/C13H17NO2S/c1-2-9-5-6-11(16-9)13(15)10(8-14)12-4-3-7-17-12/h3-7,10,13,15H,2,8,14H2,1H3. The van der Waals surface area contributed by atoms with Gasteiger partial charge in [-0.2, -0.15) is 0 Å². The van der Waals surface area contributed by atoms with E-state index in [4.69, 9.17) is 10.2 Å². The molecule has 0 saturated heterocycles. The fourth-order valence-electron chi connectivity index (χ4n) is 1.84. The first-order valence-corrected chi connectivity index (χ1v) is 6.64. The number of nitrogens with two attached hydrogens (primary N) is 1. The topological polar surface area (TPSA) is 59.4 Å². The zero-order chi connectivity index (χ0) is 12.3. The molecule has 0 bridgehead atoms. The SMILES string of the molecule is CCc1ccc(C(O)C(CN)c2cccs2)o1. The average molecular weight is 251 g/mol. The van der Waals surface area contributed by atoms with Gasteiger partial charge in [-0.15, -0.1) is 11.3 Å². The van der Waals surface area contributed by atoms with Gasteiger partial charge < -0.3 is 15.3 Å². The quantitative estimate of drug-likeness (QED) is 0.859. The molecule has 0 aliphatic carbocycles. The molecule has 2 atom stereocenters. The molecule has 0 aliphatic heterocycles. The molecule has 3 N–H and O–H groups in total. The van der Waals surface area contributed by atoms with Crippen molar-refractivity contribution in [2.24, 2.45) is 5.73 Å². The van der Waals surface area contributed by atoms with Crippen LogP contribution < -0.4 is 5.73 Å². The molecule has 0 amide bonds. The van der Waals surface area contributed by atoms with Crippen molar-refractivity contribution in [1.82, 2.24) is 0 Å². The van der Waals surface area contributed by atoms with E-state index in [2.05, 4.69) is 0 Å². The van der Waals surface area contributed by atoms with Crippen LogP contribution in [0.2, 0.25) is 0 Å². The van der Waals surface area contributed by atoms with Crippen LogP contribution >= 0.6 is 11.3 Å². The van der Waals surface area contributed by atoms with Crippen molar-refractivity contribution in [1.29, 1.82) is 0 Å². The number of rotatable bonds is 5. The van der Waals surface area contributed by atoms with E-state index in [1.54, 1.807) is 11.3 Å². The highest BCUT2D eigenvalue weighted by Crippen LogP contribution is 2.33. The lowest BCUT2D eigenvalue weighted by atomic mass is 9.99. The van der Waals surface area contributed by atoms with Crippen LogP contribution in [-0.4, -0.2) is 11.7 Å². The van der Waals surface area contributed by atoms with Crippen LogP contribution in [0.3, 0.4) is 0 Å². The Labute approximate surface area is 105 Å². The lowest BCUT2D eigenvalue weighted by Crippen LogP contribution is -2.18. The number of aliphatic hydroxyl groups excluding tert-OH is 1. The summed E-state index contributed by atoms with van der Waals surface area (Å²) in [5.41, 5.74) is 5.75. The van der Waals surface area contributed by atoms with Gasteiger partial charge in [0.15, 0.2) is 0 Å². The average Bonchev–Trinajstić information content (AvgIpc) is 3.00. The zero-order valence-corrected chi connectivity index (χ0v) is 10.6. The molecule has 0 radical (unpaired) electrons. The number of aryl methyl sites for hydroxylation is 1. The monoisotopic (exact) mass is 251 g/mol. The minimum Gasteiger partial charge on any atom is -0.463 e. The van der Waals surface area contributed by atoms with Gasteiger partial charge in [0.2, 0.25) is 0 Å². The molecule has 2 unspecified atom stereocenters. The Bertz CT molecular complexity index is 450. The van der Waals surface area contributed by atoms with Crippen LogP contribution in [0.15, 0.2) is 34.1 Å². The molecule has 0 saturated carbocycles. The van der Waals surface area contributed by atoms with Crippen molar-refractivity contribution < 1.29 is 9.52 Å². The molecule has 2 aromatic heterocycles. The molecule has 17 heavy (non-hydrogen) atoms. The minimum absolute atomic E-state index is 0.0918. The van der Waals surface area contributed by atoms with Gasteiger partial charge in [-0.25, -0.2) is 0 Å². The van der Waals surface area contributed by atoms with Crippen molar-refractivity contribution in [3.05, 3.63) is 46.0 Å². The van der Waals surface area contributed by atoms with Crippen LogP contribution in [0.25, 0.3) is 0 Å². The molecule has 2 heterocycles. The maximum Gasteiger partial charge on any atom is 0.133 e. The molecular formula is C13H17NO2S. The summed E-state index contributed by atoms with van der Waals surface area (Å²) in [5.74, 6) is 1.40. The molecule has 0 aliphatic rings. The summed E-state index contributed by atoms with van der Waals surface area (Å²) >= 11 is 1.61. The third-order valence-electron chi connectivity index (χ3n) is 2.87. The van der Waals surface area contributed by atoms with Crippen molar-refractivity contribution >= 4 is 11.3 Å². The van der Waals surface area contributed by atoms with Crippen LogP contribution in [0.4, 0.5) is 0 Å². The van der Waals surface area contributed by atoms with Crippen molar-refractivity contribution in [2.45, 2.75) is 25.4 Å². The summed E-state index contributed by atoms with van der Waals surface area (Å²) in [6, 6.07) is 7.70. The Morgan fingerprint density at radius 2 is 2.24 bits per heavy atom. The van der Waals surface area contributed by atoms with E-state index >= 15 is 0 Å². The third kappa shape index (κ3) is 2.60. The maximum atomic E-state index is 10.3. The highest BCUT2D eigenvalue weighted by molar-refractivity contribution is 7.10. The molecule has 4 heteroatoms. The molecule has 2 rings (SSSR count). The van der Waals surface area contributed by atoms with E-state index in [0.717, 1.165) is 17.1 Å². The first-order chi connectivity index (χ1) is 8.26. The van der Waals surface area contributed by atoms with Gasteiger partial charge in [0.25, 0.3) is 0 Å². The normalized spacial score (nSPS) is 14.8. The van der Waals surface area contributed by atoms with E-state index in [9.17, 15) is 5.11 Å². The molecular weight excluding hydrogens is 234 g/mol. The first-order valence-electron chi connectivity index (χ1n) is 5.76. The summed E-state index contributed by atoms with van der Waals surface area (Å²) < 4.78 is 5.57. The number of hydrogen-bond acceptors (Lipinski definition) is 4. The Morgan fingerprint density at radius 1 is 1.41 bits per heavy atom. The lowest BCUT2D eigenvalue weighted by Gasteiger charge is -2.18. The largest absolute Gasteiger partial charge is 0.463 e. The second kappa shape index (κ2) is 5.49. The van der Waals surface area contributed by atoms with Gasteiger partial charge in [0.1, 0.15) is 17.6 Å². The van der Waals surface area contributed by atoms with E-state index in [0.29, 0.717) is 12.3 Å². The summed E-state index contributed by atoms with van der Waals surface area (Å²) in [7, 11) is 0. The second-order valence-corrected chi connectivity index (χ2v) is 4.94. The fraction of sp³-hybridized carbons (Fsp3) is 0.385. The Morgan fingerprint density at radius 3 is 2.76 bits per heavy atom. The number of aliphatic hydroxyl groups is 1. The van der Waals surface area contributed by atoms with Crippen LogP contribution in [0.1, 0.15) is 35.3 Å². The predicted molar refractivity (Wildman–Crippen MR) is 69.2 cm³/mol. The van der Waals surface area contributed by atoms with Crippen LogP contribution in [0, 0.1) is 0 Å². The van der Waals surface area contributed by atoms with Crippen molar-refractivity contribution in [2.75, 3.05) is 6.54 Å². The second-order valence-electron chi connectivity index (χ2n) is 3.96. The van der Waals surface area contributed by atoms with Gasteiger partial charge >= 0.3 is 0 Å². The molecule has 3 nitrogen and oxygen atoms in total. The van der Waals surface area contributed by atoms with E-state index < -0.39 is 6.10 Å². The highest BCUT2D eigenvalue weighted by atomic mass is 32.1. The minimum atomic E-state index is -0.668.